The Morgan fingerprint density at radius 1 is 1.16 bits per heavy atom. The Balaban J connectivity index is 1.22. The zero-order chi connectivity index (χ0) is 31.1. The maximum atomic E-state index is 13.0. The number of H-pyrrole nitrogens is 1. The van der Waals surface area contributed by atoms with E-state index >= 15 is 0 Å². The first-order valence-electron chi connectivity index (χ1n) is 16.5. The van der Waals surface area contributed by atoms with Crippen LogP contribution in [0, 0.1) is 17.3 Å². The molecule has 2 saturated heterocycles. The maximum absolute atomic E-state index is 13.0. The molecule has 11 atom stereocenters. The maximum Gasteiger partial charge on any atom is 0.153 e. The second-order valence-corrected chi connectivity index (χ2v) is 16.3. The van der Waals surface area contributed by atoms with Gasteiger partial charge in [0.05, 0.1) is 11.7 Å². The fourth-order valence-corrected chi connectivity index (χ4v) is 11.7. The Hall–Kier alpha value is -2.26. The van der Waals surface area contributed by atoms with Crippen LogP contribution >= 0.6 is 0 Å². The number of aliphatic hydroxyl groups excluding tert-OH is 1. The van der Waals surface area contributed by atoms with E-state index in [0.717, 1.165) is 70.1 Å². The summed E-state index contributed by atoms with van der Waals surface area (Å²) < 4.78 is 12.9. The number of benzene rings is 1. The molecule has 5 fully saturated rings. The molecule has 1 spiro atoms. The van der Waals surface area contributed by atoms with Gasteiger partial charge in [-0.3, -0.25) is 0 Å². The van der Waals surface area contributed by atoms with Gasteiger partial charge >= 0.3 is 0 Å². The van der Waals surface area contributed by atoms with Crippen LogP contribution in [0.25, 0.3) is 17.0 Å². The summed E-state index contributed by atoms with van der Waals surface area (Å²) in [6.45, 7) is 18.4. The summed E-state index contributed by atoms with van der Waals surface area (Å²) >= 11 is 0. The third-order valence-corrected chi connectivity index (χ3v) is 14.2. The molecular formula is C37H45NO6. The van der Waals surface area contributed by atoms with E-state index in [-0.39, 0.29) is 17.9 Å². The molecule has 2 aliphatic heterocycles. The lowest BCUT2D eigenvalue weighted by Gasteiger charge is -2.65. The Kier molecular flexibility index (Phi) is 4.97. The zero-order valence-corrected chi connectivity index (χ0v) is 26.5. The molecular weight excluding hydrogens is 554 g/mol. The summed E-state index contributed by atoms with van der Waals surface area (Å²) in [4.78, 5) is 3.82. The van der Waals surface area contributed by atoms with Gasteiger partial charge in [-0.15, -0.1) is 0 Å². The standard InChI is InChI=1S/C37H45NO6/c1-17(2)29-28(39)31-37(44-31)25(43-29)11-12-33(6)34(7)20(10-13-35(33,37)41)15-21-26-23(38-30(21)34)9-8-19-14-18(3)22-16-24(32(4,5)40)36(22,42)27(19)26/h8-9,15,22,24-25,28-29,31,38-42H,1,3,10-14,16H2,2,4-7H3/t22-,24-,25+,28+,29-,31-,33-,34-,35+,36-,37+/m1/s1. The van der Waals surface area contributed by atoms with E-state index in [9.17, 15) is 20.4 Å². The lowest BCUT2D eigenvalue weighted by molar-refractivity contribution is -0.249. The van der Waals surface area contributed by atoms with E-state index in [0.29, 0.717) is 12.8 Å². The molecule has 7 aliphatic rings. The summed E-state index contributed by atoms with van der Waals surface area (Å²) in [5.74, 6) is -0.392. The van der Waals surface area contributed by atoms with Gasteiger partial charge in [-0.1, -0.05) is 43.4 Å². The Bertz CT molecular complexity index is 1750. The van der Waals surface area contributed by atoms with Gasteiger partial charge in [-0.2, -0.15) is 0 Å². The number of nitrogens with one attached hydrogen (secondary N) is 1. The van der Waals surface area contributed by atoms with Gasteiger partial charge in [-0.05, 0) is 89.0 Å². The van der Waals surface area contributed by atoms with Crippen molar-refractivity contribution in [2.75, 3.05) is 0 Å². The highest BCUT2D eigenvalue weighted by Crippen LogP contribution is 2.75. The second-order valence-electron chi connectivity index (χ2n) is 16.3. The number of hydrogen-bond donors (Lipinski definition) is 5. The van der Waals surface area contributed by atoms with Gasteiger partial charge in [0.25, 0.3) is 0 Å². The lowest BCUT2D eigenvalue weighted by atomic mass is 9.41. The van der Waals surface area contributed by atoms with E-state index in [2.05, 4.69) is 50.2 Å². The summed E-state index contributed by atoms with van der Waals surface area (Å²) in [6.07, 6.45) is 4.27. The van der Waals surface area contributed by atoms with Crippen LogP contribution in [0.15, 0.2) is 42.0 Å². The van der Waals surface area contributed by atoms with Crippen molar-refractivity contribution in [3.05, 3.63) is 64.4 Å². The average molecular weight is 600 g/mol. The van der Waals surface area contributed by atoms with Crippen molar-refractivity contribution < 1.29 is 29.9 Å². The molecule has 2 aromatic rings. The molecule has 5 N–H and O–H groups in total. The van der Waals surface area contributed by atoms with Crippen LogP contribution in [-0.2, 0) is 26.9 Å². The number of aromatic amines is 1. The van der Waals surface area contributed by atoms with Crippen molar-refractivity contribution >= 4 is 17.0 Å². The predicted octanol–water partition coefficient (Wildman–Crippen LogP) is 4.70. The Morgan fingerprint density at radius 2 is 1.91 bits per heavy atom. The van der Waals surface area contributed by atoms with Crippen molar-refractivity contribution in [1.82, 2.24) is 4.98 Å². The highest BCUT2D eigenvalue weighted by molar-refractivity contribution is 5.98. The molecule has 44 heavy (non-hydrogen) atoms. The summed E-state index contributed by atoms with van der Waals surface area (Å²) in [5.41, 5.74) is 2.68. The minimum atomic E-state index is -1.22. The lowest BCUT2D eigenvalue weighted by Crippen LogP contribution is -2.75. The van der Waals surface area contributed by atoms with Crippen LogP contribution in [0.3, 0.4) is 0 Å². The third-order valence-electron chi connectivity index (χ3n) is 14.2. The molecule has 0 radical (unpaired) electrons. The van der Waals surface area contributed by atoms with Crippen molar-refractivity contribution in [3.8, 4) is 0 Å². The number of epoxide rings is 1. The molecule has 1 aromatic heterocycles. The van der Waals surface area contributed by atoms with Crippen LogP contribution in [0.4, 0.5) is 0 Å². The Morgan fingerprint density at radius 3 is 2.61 bits per heavy atom. The number of allylic oxidation sites excluding steroid dienone is 1. The van der Waals surface area contributed by atoms with E-state index in [1.807, 2.05) is 6.92 Å². The van der Waals surface area contributed by atoms with Crippen LogP contribution in [0.5, 0.6) is 0 Å². The van der Waals surface area contributed by atoms with Gasteiger partial charge in [0.15, 0.2) is 5.60 Å². The summed E-state index contributed by atoms with van der Waals surface area (Å²) in [7, 11) is 0. The fraction of sp³-hybridized carbons (Fsp3) is 0.622. The van der Waals surface area contributed by atoms with Gasteiger partial charge in [-0.25, -0.2) is 0 Å². The SMILES string of the molecule is C=C(C)[C@H]1O[C@H]2CC[C@@]3(C)[C@@](O)(CCC4=Cc5c([nH]c6ccc7c(c56)[C@@]5(O)[C@H](C[C@@H]5C(C)(C)O)C(=C)C7)[C@@]43C)[C@]23O[C@@H]3[C@H]1O. The first-order valence-corrected chi connectivity index (χ1v) is 16.5. The number of aromatic nitrogens is 1. The highest BCUT2D eigenvalue weighted by Gasteiger charge is 2.85. The fourth-order valence-electron chi connectivity index (χ4n) is 11.7. The molecule has 234 valence electrons. The molecule has 0 bridgehead atoms. The molecule has 7 heteroatoms. The molecule has 9 rings (SSSR count). The normalized spacial score (nSPS) is 48.1. The van der Waals surface area contributed by atoms with Gasteiger partial charge in [0.1, 0.15) is 29.5 Å². The van der Waals surface area contributed by atoms with Crippen LogP contribution in [-0.4, -0.2) is 66.6 Å². The van der Waals surface area contributed by atoms with E-state index in [4.69, 9.17) is 9.47 Å². The highest BCUT2D eigenvalue weighted by atomic mass is 16.7. The number of hydrogen-bond acceptors (Lipinski definition) is 6. The van der Waals surface area contributed by atoms with Crippen molar-refractivity contribution in [3.63, 3.8) is 0 Å². The molecule has 0 amide bonds. The smallest absolute Gasteiger partial charge is 0.153 e. The molecule has 3 saturated carbocycles. The van der Waals surface area contributed by atoms with Gasteiger partial charge < -0.3 is 34.9 Å². The van der Waals surface area contributed by atoms with Gasteiger partial charge in [0.2, 0.25) is 0 Å². The van der Waals surface area contributed by atoms with E-state index in [1.54, 1.807) is 13.8 Å². The molecule has 1 aromatic carbocycles. The van der Waals surface area contributed by atoms with E-state index < -0.39 is 51.5 Å². The Labute approximate surface area is 258 Å². The second kappa shape index (κ2) is 7.81. The van der Waals surface area contributed by atoms with Crippen molar-refractivity contribution in [2.45, 2.75) is 125 Å². The average Bonchev–Trinajstić information content (AvgIpc) is 3.51. The monoisotopic (exact) mass is 599 g/mol. The van der Waals surface area contributed by atoms with Crippen molar-refractivity contribution in [2.24, 2.45) is 17.3 Å². The quantitative estimate of drug-likeness (QED) is 0.252. The largest absolute Gasteiger partial charge is 0.390 e. The molecule has 5 aliphatic carbocycles. The minimum absolute atomic E-state index is 0.0869. The summed E-state index contributed by atoms with van der Waals surface area (Å²) in [6, 6.07) is 4.23. The van der Waals surface area contributed by atoms with Crippen LogP contribution < -0.4 is 0 Å². The predicted molar refractivity (Wildman–Crippen MR) is 167 cm³/mol. The van der Waals surface area contributed by atoms with E-state index in [1.165, 1.54) is 5.57 Å². The third kappa shape index (κ3) is 2.70. The number of fused-ring (bicyclic) bond motifs is 11. The number of ether oxygens (including phenoxy) is 2. The summed E-state index contributed by atoms with van der Waals surface area (Å²) in [5, 5.41) is 49.1. The number of rotatable bonds is 2. The molecule has 3 heterocycles. The first kappa shape index (κ1) is 28.0. The van der Waals surface area contributed by atoms with Gasteiger partial charge in [0, 0.05) is 44.8 Å². The van der Waals surface area contributed by atoms with Crippen LogP contribution in [0.1, 0.15) is 89.1 Å². The zero-order valence-electron chi connectivity index (χ0n) is 26.5. The topological polar surface area (TPSA) is 118 Å². The molecule has 0 unspecified atom stereocenters. The number of aliphatic hydroxyl groups is 4. The van der Waals surface area contributed by atoms with Crippen LogP contribution in [0.2, 0.25) is 0 Å². The van der Waals surface area contributed by atoms with Crippen molar-refractivity contribution in [1.29, 1.82) is 0 Å². The molecule has 7 nitrogen and oxygen atoms in total. The minimum Gasteiger partial charge on any atom is -0.390 e. The first-order chi connectivity index (χ1) is 20.6.